The summed E-state index contributed by atoms with van der Waals surface area (Å²) in [5, 5.41) is 2.34. The van der Waals surface area contributed by atoms with Crippen LogP contribution in [-0.2, 0) is 0 Å². The highest BCUT2D eigenvalue weighted by Crippen LogP contribution is 2.27. The third-order valence-corrected chi connectivity index (χ3v) is 2.03. The van der Waals surface area contributed by atoms with Crippen LogP contribution in [0.1, 0.15) is 10.4 Å². The zero-order valence-electron chi connectivity index (χ0n) is 7.46. The Balaban J connectivity index is 2.78. The van der Waals surface area contributed by atoms with E-state index in [1.165, 1.54) is 7.05 Å². The van der Waals surface area contributed by atoms with Gasteiger partial charge in [-0.05, 0) is 17.7 Å². The fourth-order valence-electron chi connectivity index (χ4n) is 0.872. The van der Waals surface area contributed by atoms with Crippen molar-refractivity contribution in [1.82, 2.24) is 5.32 Å². The van der Waals surface area contributed by atoms with E-state index in [9.17, 15) is 4.79 Å². The molecule has 5 heteroatoms. The van der Waals surface area contributed by atoms with E-state index in [0.717, 1.165) is 0 Å². The summed E-state index contributed by atoms with van der Waals surface area (Å²) in [5.41, 5.74) is 0.690. The van der Waals surface area contributed by atoms with E-state index >= 15 is 0 Å². The Morgan fingerprint density at radius 2 is 2.21 bits per heavy atom. The van der Waals surface area contributed by atoms with E-state index in [1.54, 1.807) is 24.3 Å². The summed E-state index contributed by atoms with van der Waals surface area (Å²) in [6.07, 6.45) is -0.525. The van der Waals surface area contributed by atoms with Gasteiger partial charge >= 0.3 is 6.09 Å². The number of carbonyl (C=O) groups excluding carboxylic acids is 1. The van der Waals surface area contributed by atoms with Crippen LogP contribution < -0.4 is 10.1 Å². The van der Waals surface area contributed by atoms with Gasteiger partial charge in [-0.1, -0.05) is 12.1 Å². The molecule has 0 aliphatic carbocycles. The fourth-order valence-corrected chi connectivity index (χ4v) is 1.14. The molecule has 0 saturated carbocycles. The number of rotatable bonds is 2. The quantitative estimate of drug-likeness (QED) is 0.799. The first kappa shape index (κ1) is 11.1. The van der Waals surface area contributed by atoms with Crippen molar-refractivity contribution in [2.45, 2.75) is 4.84 Å². The van der Waals surface area contributed by atoms with Crippen LogP contribution >= 0.6 is 23.2 Å². The van der Waals surface area contributed by atoms with Crippen molar-refractivity contribution in [1.29, 1.82) is 0 Å². The van der Waals surface area contributed by atoms with Crippen LogP contribution in [0.25, 0.3) is 0 Å². The van der Waals surface area contributed by atoms with E-state index in [-0.39, 0.29) is 0 Å². The van der Waals surface area contributed by atoms with Gasteiger partial charge in [0.05, 0.1) is 0 Å². The van der Waals surface area contributed by atoms with E-state index in [0.29, 0.717) is 11.3 Å². The van der Waals surface area contributed by atoms with Gasteiger partial charge < -0.3 is 10.1 Å². The Labute approximate surface area is 92.0 Å². The molecule has 0 aliphatic heterocycles. The second-order valence-corrected chi connectivity index (χ2v) is 3.61. The molecule has 76 valence electrons. The van der Waals surface area contributed by atoms with Crippen molar-refractivity contribution in [3.8, 4) is 5.75 Å². The van der Waals surface area contributed by atoms with Gasteiger partial charge in [-0.3, -0.25) is 0 Å². The molecule has 1 rings (SSSR count). The summed E-state index contributed by atoms with van der Waals surface area (Å²) in [4.78, 5) is 10.2. The van der Waals surface area contributed by atoms with Crippen molar-refractivity contribution >= 4 is 29.3 Å². The molecule has 0 saturated heterocycles. The smallest absolute Gasteiger partial charge is 0.410 e. The van der Waals surface area contributed by atoms with Crippen LogP contribution in [0.4, 0.5) is 4.79 Å². The molecule has 0 atom stereocenters. The summed E-state index contributed by atoms with van der Waals surface area (Å²) in [6, 6.07) is 6.72. The van der Waals surface area contributed by atoms with Gasteiger partial charge in [0.15, 0.2) is 0 Å². The van der Waals surface area contributed by atoms with Crippen molar-refractivity contribution in [3.63, 3.8) is 0 Å². The maximum Gasteiger partial charge on any atom is 0.412 e. The first-order valence-electron chi connectivity index (χ1n) is 3.91. The first-order chi connectivity index (χ1) is 6.63. The predicted molar refractivity (Wildman–Crippen MR) is 56.0 cm³/mol. The number of benzene rings is 1. The van der Waals surface area contributed by atoms with Crippen LogP contribution in [0.3, 0.4) is 0 Å². The number of hydrogen-bond acceptors (Lipinski definition) is 2. The van der Waals surface area contributed by atoms with Crippen molar-refractivity contribution in [3.05, 3.63) is 29.8 Å². The minimum atomic E-state index is -0.622. The molecule has 1 N–H and O–H groups in total. The molecule has 0 unspecified atom stereocenters. The molecule has 0 aromatic heterocycles. The van der Waals surface area contributed by atoms with Crippen LogP contribution in [0, 0.1) is 0 Å². The molecule has 0 bridgehead atoms. The van der Waals surface area contributed by atoms with Gasteiger partial charge in [-0.15, -0.1) is 23.2 Å². The normalized spacial score (nSPS) is 10.0. The van der Waals surface area contributed by atoms with Crippen LogP contribution in [0.15, 0.2) is 24.3 Å². The lowest BCUT2D eigenvalue weighted by Crippen LogP contribution is -2.22. The number of hydrogen-bond donors (Lipinski definition) is 1. The topological polar surface area (TPSA) is 38.3 Å². The van der Waals surface area contributed by atoms with E-state index in [2.05, 4.69) is 5.32 Å². The fraction of sp³-hybridized carbons (Fsp3) is 0.222. The zero-order valence-corrected chi connectivity index (χ0v) is 8.97. The highest BCUT2D eigenvalue weighted by Gasteiger charge is 2.06. The lowest BCUT2D eigenvalue weighted by Gasteiger charge is -2.05. The Hall–Kier alpha value is -0.930. The number of nitrogens with one attached hydrogen (secondary N) is 1. The molecule has 0 heterocycles. The number of ether oxygens (including phenoxy) is 1. The van der Waals surface area contributed by atoms with Crippen molar-refractivity contribution in [2.75, 3.05) is 7.05 Å². The molecule has 0 fully saturated rings. The third-order valence-electron chi connectivity index (χ3n) is 1.52. The number of amides is 1. The molecule has 1 amide bonds. The molecule has 3 nitrogen and oxygen atoms in total. The number of halogens is 2. The van der Waals surface area contributed by atoms with E-state index < -0.39 is 10.9 Å². The highest BCUT2D eigenvalue weighted by atomic mass is 35.5. The van der Waals surface area contributed by atoms with Crippen LogP contribution in [0.2, 0.25) is 0 Å². The van der Waals surface area contributed by atoms with E-state index in [4.69, 9.17) is 27.9 Å². The molecule has 1 aromatic rings. The third kappa shape index (κ3) is 3.09. The van der Waals surface area contributed by atoms with Crippen LogP contribution in [0.5, 0.6) is 5.75 Å². The maximum atomic E-state index is 10.9. The Bertz CT molecular complexity index is 328. The zero-order chi connectivity index (χ0) is 10.6. The SMILES string of the molecule is CNC(=O)Oc1cccc(C(Cl)Cl)c1. The maximum absolute atomic E-state index is 10.9. The summed E-state index contributed by atoms with van der Waals surface area (Å²) in [6.45, 7) is 0. The van der Waals surface area contributed by atoms with Gasteiger partial charge in [0, 0.05) is 7.05 Å². The first-order valence-corrected chi connectivity index (χ1v) is 4.78. The summed E-state index contributed by atoms with van der Waals surface area (Å²) < 4.78 is 4.89. The molecular formula is C9H9Cl2NO2. The molecule has 0 radical (unpaired) electrons. The van der Waals surface area contributed by atoms with Crippen LogP contribution in [-0.4, -0.2) is 13.1 Å². The van der Waals surface area contributed by atoms with Gasteiger partial charge in [0.25, 0.3) is 0 Å². The van der Waals surface area contributed by atoms with Gasteiger partial charge in [0.1, 0.15) is 10.6 Å². The van der Waals surface area contributed by atoms with E-state index in [1.807, 2.05) is 0 Å². The van der Waals surface area contributed by atoms with Gasteiger partial charge in [-0.2, -0.15) is 0 Å². The monoisotopic (exact) mass is 233 g/mol. The Morgan fingerprint density at radius 3 is 2.79 bits per heavy atom. The summed E-state index contributed by atoms with van der Waals surface area (Å²) in [7, 11) is 1.48. The average Bonchev–Trinajstić information content (AvgIpc) is 2.18. The minimum absolute atomic E-state index is 0.410. The molecule has 14 heavy (non-hydrogen) atoms. The standard InChI is InChI=1S/C9H9Cl2NO2/c1-12-9(13)14-7-4-2-3-6(5-7)8(10)11/h2-5,8H,1H3,(H,12,13). The highest BCUT2D eigenvalue weighted by molar-refractivity contribution is 6.44. The van der Waals surface area contributed by atoms with Crippen molar-refractivity contribution in [2.24, 2.45) is 0 Å². The number of carbonyl (C=O) groups is 1. The second kappa shape index (κ2) is 5.08. The second-order valence-electron chi connectivity index (χ2n) is 2.51. The summed E-state index contributed by atoms with van der Waals surface area (Å²) >= 11 is 11.3. The predicted octanol–water partition coefficient (Wildman–Crippen LogP) is 2.88. The number of alkyl halides is 2. The summed E-state index contributed by atoms with van der Waals surface area (Å²) in [5.74, 6) is 0.410. The molecule has 0 aliphatic rings. The molecule has 0 spiro atoms. The Morgan fingerprint density at radius 1 is 1.50 bits per heavy atom. The minimum Gasteiger partial charge on any atom is -0.410 e. The van der Waals surface area contributed by atoms with Gasteiger partial charge in [-0.25, -0.2) is 4.79 Å². The molecule has 1 aromatic carbocycles. The average molecular weight is 234 g/mol. The Kier molecular flexibility index (Phi) is 4.04. The molecular weight excluding hydrogens is 225 g/mol. The van der Waals surface area contributed by atoms with Gasteiger partial charge in [0.2, 0.25) is 0 Å². The lowest BCUT2D eigenvalue weighted by atomic mass is 10.2. The largest absolute Gasteiger partial charge is 0.412 e. The lowest BCUT2D eigenvalue weighted by molar-refractivity contribution is 0.203. The van der Waals surface area contributed by atoms with Crippen molar-refractivity contribution < 1.29 is 9.53 Å².